The number of hydrazine groups is 1. The molecule has 0 saturated heterocycles. The van der Waals surface area contributed by atoms with Crippen molar-refractivity contribution in [2.24, 2.45) is 5.73 Å². The highest BCUT2D eigenvalue weighted by atomic mass is 32.2. The van der Waals surface area contributed by atoms with Crippen LogP contribution in [0, 0.1) is 5.82 Å². The van der Waals surface area contributed by atoms with E-state index < -0.39 is 74.1 Å². The van der Waals surface area contributed by atoms with Gasteiger partial charge in [0.15, 0.2) is 0 Å². The first-order valence-electron chi connectivity index (χ1n) is 12.2. The number of aryl methyl sites for hydroxylation is 1. The van der Waals surface area contributed by atoms with Crippen LogP contribution in [0.25, 0.3) is 0 Å². The standard InChI is InChI=1S/C25H27F7N4O5S/c1-22(2,33)13-21(38)35-34-20(37)12-17-7-3-14-11-15(23(39,24(27,28)29)25(30,31)32)4-10-19(14)36(17)42(40,41)18-8-5-16(26)6-9-18/h4-6,8-11,17,39H,3,7,12-13,33H2,1-2H3,(H,34,37)(H,35,38)/t17-/m0/s1. The first-order valence-corrected chi connectivity index (χ1v) is 13.7. The van der Waals surface area contributed by atoms with Gasteiger partial charge in [0.05, 0.1) is 16.6 Å². The zero-order valence-electron chi connectivity index (χ0n) is 22.1. The molecule has 0 saturated carbocycles. The van der Waals surface area contributed by atoms with Crippen LogP contribution in [-0.2, 0) is 31.6 Å². The number of benzene rings is 2. The topological polar surface area (TPSA) is 142 Å². The molecule has 0 aromatic heterocycles. The summed E-state index contributed by atoms with van der Waals surface area (Å²) in [7, 11) is -4.67. The fourth-order valence-electron chi connectivity index (χ4n) is 4.44. The predicted octanol–water partition coefficient (Wildman–Crippen LogP) is 3.31. The summed E-state index contributed by atoms with van der Waals surface area (Å²) in [5, 5.41) is 9.82. The van der Waals surface area contributed by atoms with Gasteiger partial charge in [-0.1, -0.05) is 12.1 Å². The van der Waals surface area contributed by atoms with E-state index in [9.17, 15) is 53.8 Å². The van der Waals surface area contributed by atoms with E-state index in [4.69, 9.17) is 5.73 Å². The van der Waals surface area contributed by atoms with Crippen molar-refractivity contribution >= 4 is 27.5 Å². The molecule has 2 aromatic carbocycles. The van der Waals surface area contributed by atoms with Crippen molar-refractivity contribution in [3.63, 3.8) is 0 Å². The Morgan fingerprint density at radius 1 is 0.976 bits per heavy atom. The lowest BCUT2D eigenvalue weighted by Crippen LogP contribution is -2.54. The quantitative estimate of drug-likeness (QED) is 0.274. The Kier molecular flexibility index (Phi) is 8.92. The molecule has 0 fully saturated rings. The van der Waals surface area contributed by atoms with Crippen LogP contribution in [0.1, 0.15) is 44.2 Å². The minimum Gasteiger partial charge on any atom is -0.369 e. The van der Waals surface area contributed by atoms with Crippen LogP contribution in [0.2, 0.25) is 0 Å². The number of aliphatic hydroxyl groups is 1. The van der Waals surface area contributed by atoms with Gasteiger partial charge in [-0.05, 0) is 62.6 Å². The second-order valence-corrected chi connectivity index (χ2v) is 12.3. The zero-order valence-corrected chi connectivity index (χ0v) is 22.9. The second-order valence-electron chi connectivity index (χ2n) is 10.5. The molecule has 232 valence electrons. The molecular formula is C25H27F7N4O5S. The van der Waals surface area contributed by atoms with Gasteiger partial charge < -0.3 is 10.8 Å². The van der Waals surface area contributed by atoms with E-state index in [0.717, 1.165) is 24.3 Å². The number of halogens is 7. The smallest absolute Gasteiger partial charge is 0.369 e. The highest BCUT2D eigenvalue weighted by Gasteiger charge is 2.71. The molecule has 0 spiro atoms. The molecule has 1 atom stereocenters. The number of rotatable bonds is 7. The number of nitrogens with one attached hydrogen (secondary N) is 2. The van der Waals surface area contributed by atoms with Crippen molar-refractivity contribution in [1.82, 2.24) is 10.9 Å². The molecule has 1 aliphatic heterocycles. The molecule has 17 heteroatoms. The van der Waals surface area contributed by atoms with E-state index in [1.54, 1.807) is 13.8 Å². The molecule has 1 aliphatic rings. The molecule has 0 radical (unpaired) electrons. The summed E-state index contributed by atoms with van der Waals surface area (Å²) in [6.45, 7) is 3.11. The van der Waals surface area contributed by atoms with Crippen LogP contribution in [-0.4, -0.2) is 49.3 Å². The molecule has 5 N–H and O–H groups in total. The van der Waals surface area contributed by atoms with Gasteiger partial charge in [0.25, 0.3) is 15.6 Å². The van der Waals surface area contributed by atoms with Gasteiger partial charge in [-0.2, -0.15) is 26.3 Å². The number of carbonyl (C=O) groups is 2. The van der Waals surface area contributed by atoms with E-state index in [-0.39, 0.29) is 30.5 Å². The Morgan fingerprint density at radius 3 is 2.05 bits per heavy atom. The maximum Gasteiger partial charge on any atom is 0.430 e. The predicted molar refractivity (Wildman–Crippen MR) is 134 cm³/mol. The molecule has 0 unspecified atom stereocenters. The average Bonchev–Trinajstić information content (AvgIpc) is 2.84. The lowest BCUT2D eigenvalue weighted by atomic mass is 9.87. The van der Waals surface area contributed by atoms with Crippen molar-refractivity contribution in [3.05, 3.63) is 59.4 Å². The van der Waals surface area contributed by atoms with E-state index in [2.05, 4.69) is 10.9 Å². The molecule has 0 aliphatic carbocycles. The summed E-state index contributed by atoms with van der Waals surface area (Å²) in [6.07, 6.45) is -13.7. The molecule has 9 nitrogen and oxygen atoms in total. The third-order valence-corrected chi connectivity index (χ3v) is 8.26. The maximum absolute atomic E-state index is 13.7. The van der Waals surface area contributed by atoms with Crippen LogP contribution in [0.4, 0.5) is 36.4 Å². The summed E-state index contributed by atoms with van der Waals surface area (Å²) in [4.78, 5) is 24.1. The van der Waals surface area contributed by atoms with Crippen molar-refractivity contribution in [3.8, 4) is 0 Å². The largest absolute Gasteiger partial charge is 0.430 e. The third kappa shape index (κ3) is 6.78. The van der Waals surface area contributed by atoms with Crippen LogP contribution in [0.15, 0.2) is 47.4 Å². The molecule has 2 amide bonds. The third-order valence-electron chi connectivity index (χ3n) is 6.38. The Labute approximate surface area is 235 Å². The van der Waals surface area contributed by atoms with E-state index in [1.807, 2.05) is 0 Å². The van der Waals surface area contributed by atoms with Crippen molar-refractivity contribution in [2.45, 2.75) is 74.0 Å². The molecule has 1 heterocycles. The normalized spacial score (nSPS) is 16.5. The van der Waals surface area contributed by atoms with E-state index in [0.29, 0.717) is 22.5 Å². The van der Waals surface area contributed by atoms with Gasteiger partial charge in [0.2, 0.25) is 11.8 Å². The van der Waals surface area contributed by atoms with Crippen LogP contribution >= 0.6 is 0 Å². The average molecular weight is 629 g/mol. The van der Waals surface area contributed by atoms with Crippen molar-refractivity contribution < 1.29 is 53.8 Å². The molecule has 2 aromatic rings. The summed E-state index contributed by atoms with van der Waals surface area (Å²) in [5.74, 6) is -2.32. The zero-order chi connectivity index (χ0) is 31.9. The first kappa shape index (κ1) is 33.1. The lowest BCUT2D eigenvalue weighted by molar-refractivity contribution is -0.376. The number of alkyl halides is 6. The summed E-state index contributed by atoms with van der Waals surface area (Å²) in [5.41, 5.74) is 1.59. The fourth-order valence-corrected chi connectivity index (χ4v) is 6.16. The monoisotopic (exact) mass is 628 g/mol. The fraction of sp³-hybridized carbons (Fsp3) is 0.440. The van der Waals surface area contributed by atoms with Gasteiger partial charge in [0, 0.05) is 23.9 Å². The highest BCUT2D eigenvalue weighted by molar-refractivity contribution is 7.92. The van der Waals surface area contributed by atoms with Crippen molar-refractivity contribution in [2.75, 3.05) is 4.31 Å². The summed E-state index contributed by atoms with van der Waals surface area (Å²) >= 11 is 0. The Balaban J connectivity index is 2.04. The number of fused-ring (bicyclic) bond motifs is 1. The molecule has 3 rings (SSSR count). The molecule has 42 heavy (non-hydrogen) atoms. The Hall–Kier alpha value is -3.44. The number of hydrogen-bond acceptors (Lipinski definition) is 6. The Bertz CT molecular complexity index is 1430. The Morgan fingerprint density at radius 2 is 1.52 bits per heavy atom. The van der Waals surface area contributed by atoms with Crippen LogP contribution in [0.5, 0.6) is 0 Å². The summed E-state index contributed by atoms with van der Waals surface area (Å²) in [6, 6.07) is 3.58. The van der Waals surface area contributed by atoms with Gasteiger partial charge in [-0.15, -0.1) is 0 Å². The summed E-state index contributed by atoms with van der Waals surface area (Å²) < 4.78 is 122. The van der Waals surface area contributed by atoms with Gasteiger partial charge in [-0.3, -0.25) is 24.7 Å². The maximum atomic E-state index is 13.7. The number of hydrogen-bond donors (Lipinski definition) is 4. The molecular weight excluding hydrogens is 601 g/mol. The van der Waals surface area contributed by atoms with Gasteiger partial charge in [0.1, 0.15) is 5.82 Å². The second kappa shape index (κ2) is 11.3. The number of anilines is 1. The number of nitrogens with two attached hydrogens (primary N) is 1. The number of nitrogens with zero attached hydrogens (tertiary/aromatic N) is 1. The molecule has 0 bridgehead atoms. The minimum atomic E-state index is -6.17. The van der Waals surface area contributed by atoms with E-state index in [1.165, 1.54) is 0 Å². The van der Waals surface area contributed by atoms with E-state index >= 15 is 0 Å². The number of amides is 2. The highest BCUT2D eigenvalue weighted by Crippen LogP contribution is 2.51. The number of sulfonamides is 1. The minimum absolute atomic E-state index is 0.181. The van der Waals surface area contributed by atoms with Gasteiger partial charge >= 0.3 is 12.4 Å². The van der Waals surface area contributed by atoms with Crippen molar-refractivity contribution in [1.29, 1.82) is 0 Å². The number of carbonyl (C=O) groups excluding carboxylic acids is 2. The lowest BCUT2D eigenvalue weighted by Gasteiger charge is -2.39. The van der Waals surface area contributed by atoms with Crippen LogP contribution in [0.3, 0.4) is 0 Å². The van der Waals surface area contributed by atoms with Crippen LogP contribution < -0.4 is 20.9 Å². The van der Waals surface area contributed by atoms with Gasteiger partial charge in [-0.25, -0.2) is 12.8 Å². The SMILES string of the molecule is CC(C)(N)CC(=O)NNC(=O)C[C@@H]1CCc2cc(C(O)(C(F)(F)F)C(F)(F)F)ccc2N1S(=O)(=O)c1ccc(F)cc1. The first-order chi connectivity index (χ1) is 19.1.